The monoisotopic (exact) mass is 1630 g/mol. The Morgan fingerprint density at radius 2 is 1.03 bits per heavy atom. The van der Waals surface area contributed by atoms with E-state index >= 15 is 0 Å². The van der Waals surface area contributed by atoms with Crippen molar-refractivity contribution in [3.8, 4) is 0 Å². The molecule has 2 aromatic rings. The number of nitrogens with one attached hydrogen (secondary N) is 7. The highest BCUT2D eigenvalue weighted by molar-refractivity contribution is 7.52. The molecule has 4 rings (SSSR count). The summed E-state index contributed by atoms with van der Waals surface area (Å²) in [4.78, 5) is 209. The number of carboxylic acids is 7. The van der Waals surface area contributed by atoms with Gasteiger partial charge in [-0.15, -0.1) is 0 Å². The molecule has 0 aliphatic carbocycles. The Labute approximate surface area is 646 Å². The van der Waals surface area contributed by atoms with Crippen molar-refractivity contribution < 1.29 is 127 Å². The van der Waals surface area contributed by atoms with Gasteiger partial charge in [-0.1, -0.05) is 19.4 Å². The van der Waals surface area contributed by atoms with E-state index in [2.05, 4.69) is 52.2 Å². The molecule has 2 aliphatic heterocycles. The number of aliphatic carboxylic acids is 7. The average Bonchev–Trinajstić information content (AvgIpc) is 1.66. The normalized spacial score (nSPS) is 15.1. The van der Waals surface area contributed by atoms with Crippen LogP contribution in [-0.2, 0) is 73.2 Å². The van der Waals surface area contributed by atoms with Gasteiger partial charge in [0.15, 0.2) is 0 Å². The molecule has 6 amide bonds. The summed E-state index contributed by atoms with van der Waals surface area (Å²) in [5.41, 5.74) is 1.13. The minimum absolute atomic E-state index is 0.0163. The lowest BCUT2D eigenvalue weighted by molar-refractivity contribution is -0.143. The molecule has 18 N–H and O–H groups in total. The number of fused-ring (bicyclic) bond motifs is 1. The summed E-state index contributed by atoms with van der Waals surface area (Å²) in [6, 6.07) is 2.76. The summed E-state index contributed by atoms with van der Waals surface area (Å²) < 4.78 is 24.5. The Bertz CT molecular complexity index is 3530. The van der Waals surface area contributed by atoms with Gasteiger partial charge >= 0.3 is 57.0 Å². The number of aryl methyl sites for hydroxylation is 1. The third-order valence-corrected chi connectivity index (χ3v) is 18.6. The number of carbonyl (C=O) groups excluding carboxylic acids is 6. The van der Waals surface area contributed by atoms with E-state index < -0.39 is 150 Å². The molecule has 0 saturated carbocycles. The largest absolute Gasteiger partial charge is 0.480 e. The van der Waals surface area contributed by atoms with Crippen LogP contribution in [0.5, 0.6) is 0 Å². The third-order valence-electron chi connectivity index (χ3n) is 17.0. The van der Waals surface area contributed by atoms with Crippen LogP contribution < -0.4 is 37.2 Å². The first-order valence-corrected chi connectivity index (χ1v) is 40.0. The number of nitrogens with zero attached hydrogens (tertiary/aromatic N) is 11. The molecule has 1 saturated heterocycles. The van der Waals surface area contributed by atoms with Crippen LogP contribution >= 0.6 is 15.2 Å². The van der Waals surface area contributed by atoms with Gasteiger partial charge < -0.3 is 97.4 Å². The fourth-order valence-corrected chi connectivity index (χ4v) is 13.2. The number of rotatable bonds is 52. The number of benzene rings is 1. The van der Waals surface area contributed by atoms with E-state index in [9.17, 15) is 97.0 Å². The molecule has 1 aromatic carbocycles. The zero-order chi connectivity index (χ0) is 83.3. The van der Waals surface area contributed by atoms with Crippen molar-refractivity contribution in [1.29, 1.82) is 0 Å². The number of aromatic nitrogens is 2. The van der Waals surface area contributed by atoms with Gasteiger partial charge in [-0.25, -0.2) is 4.79 Å². The van der Waals surface area contributed by atoms with Crippen molar-refractivity contribution in [1.82, 2.24) is 86.2 Å². The number of unbranched alkanes of at least 4 members (excludes halogenated alkanes) is 3. The third kappa shape index (κ3) is 44.9. The fraction of sp³-hybridized carbons (Fsp3) is 0.652. The fourth-order valence-electron chi connectivity index (χ4n) is 11.6. The molecule has 0 radical (unpaired) electrons. The second-order valence-corrected chi connectivity index (χ2v) is 29.8. The van der Waals surface area contributed by atoms with Gasteiger partial charge in [0.05, 0.1) is 70.6 Å². The molecular formula is C66H110N18O26P2. The first-order valence-electron chi connectivity index (χ1n) is 36.4. The number of hydrogen-bond donors (Lipinski definition) is 18. The zero-order valence-electron chi connectivity index (χ0n) is 63.1. The lowest BCUT2D eigenvalue weighted by Gasteiger charge is -2.33. The van der Waals surface area contributed by atoms with E-state index in [-0.39, 0.29) is 84.8 Å². The Balaban J connectivity index is 0.000000590. The number of likely N-dealkylation sites (N-methyl/N-ethyl adjacent to an activating group) is 2. The van der Waals surface area contributed by atoms with E-state index in [4.69, 9.17) is 29.8 Å². The molecule has 2 atom stereocenters. The molecule has 112 heavy (non-hydrogen) atoms. The van der Waals surface area contributed by atoms with Crippen LogP contribution in [0.4, 0.5) is 0 Å². The number of hydrogen-bond acceptors (Lipinski definition) is 25. The van der Waals surface area contributed by atoms with E-state index in [0.29, 0.717) is 121 Å². The summed E-state index contributed by atoms with van der Waals surface area (Å²) in [6.45, 7) is 5.55. The highest BCUT2D eigenvalue weighted by Crippen LogP contribution is 2.40. The molecule has 1 aromatic heterocycles. The summed E-state index contributed by atoms with van der Waals surface area (Å²) in [5.74, 6) is -10.5. The topological polar surface area (TPSA) is 619 Å². The zero-order valence-corrected chi connectivity index (χ0v) is 64.8. The second-order valence-electron chi connectivity index (χ2n) is 26.5. The summed E-state index contributed by atoms with van der Waals surface area (Å²) >= 11 is 0. The van der Waals surface area contributed by atoms with Gasteiger partial charge in [-0.05, 0) is 76.4 Å². The van der Waals surface area contributed by atoms with E-state index in [1.807, 2.05) is 28.8 Å². The van der Waals surface area contributed by atoms with Crippen molar-refractivity contribution in [3.05, 3.63) is 42.2 Å². The Morgan fingerprint density at radius 3 is 1.52 bits per heavy atom. The highest BCUT2D eigenvalue weighted by atomic mass is 31.2. The van der Waals surface area contributed by atoms with Crippen molar-refractivity contribution >= 4 is 109 Å². The molecule has 46 heteroatoms. The summed E-state index contributed by atoms with van der Waals surface area (Å²) in [5, 5.41) is 89.0. The Hall–Kier alpha value is -9.01. The first kappa shape index (κ1) is 97.2. The van der Waals surface area contributed by atoms with Crippen LogP contribution in [0.3, 0.4) is 0 Å². The SMILES string of the molecule is CCNC(=O)[C@@H](CCCCNC(=O)CN(CP(=O)(O)O)CP(=O)(O)O)NC(=O)CN1CCN(CC)CCN(CC(=O)O)CCN(CC(=O)O)CC1.O=C(O)CN(CCN(CC(=O)O)CC(=O)O)CCN(CC(=O)O)CC(=O)NCCCCCC(=O)N[C@@H](CNC(=O)c1ccc2c(cnn2CCCN=C2CC=CN2)c1)C(=O)O. The average molecular weight is 1630 g/mol. The van der Waals surface area contributed by atoms with Gasteiger partial charge in [0.2, 0.25) is 29.5 Å². The molecule has 3 heterocycles. The van der Waals surface area contributed by atoms with E-state index in [1.165, 1.54) is 9.80 Å². The molecule has 44 nitrogen and oxygen atoms in total. The lowest BCUT2D eigenvalue weighted by Crippen LogP contribution is -2.52. The Kier molecular flexibility index (Phi) is 45.4. The molecular weight excluding hydrogens is 1520 g/mol. The molecule has 630 valence electrons. The quantitative estimate of drug-likeness (QED) is 0.0219. The minimum atomic E-state index is -4.70. The maximum atomic E-state index is 13.3. The molecule has 2 aliphatic rings. The molecule has 1 fully saturated rings. The maximum absolute atomic E-state index is 13.3. The van der Waals surface area contributed by atoms with Crippen LogP contribution in [0, 0.1) is 0 Å². The van der Waals surface area contributed by atoms with Crippen molar-refractivity contribution in [2.45, 2.75) is 90.3 Å². The van der Waals surface area contributed by atoms with Gasteiger partial charge in [0, 0.05) is 142 Å². The van der Waals surface area contributed by atoms with Gasteiger partial charge in [0.25, 0.3) is 5.91 Å². The molecule has 0 unspecified atom stereocenters. The van der Waals surface area contributed by atoms with Crippen LogP contribution in [0.2, 0.25) is 0 Å². The lowest BCUT2D eigenvalue weighted by atomic mass is 10.1. The highest BCUT2D eigenvalue weighted by Gasteiger charge is 2.30. The van der Waals surface area contributed by atoms with Gasteiger partial charge in [0.1, 0.15) is 30.5 Å². The van der Waals surface area contributed by atoms with Crippen LogP contribution in [0.15, 0.2) is 41.7 Å². The smallest absolute Gasteiger partial charge is 0.339 e. The van der Waals surface area contributed by atoms with Crippen LogP contribution in [-0.4, -0.2) is 389 Å². The predicted octanol–water partition coefficient (Wildman–Crippen LogP) is -4.57. The maximum Gasteiger partial charge on any atom is 0.339 e. The number of amides is 6. The summed E-state index contributed by atoms with van der Waals surface area (Å²) in [7, 11) is -9.39. The Morgan fingerprint density at radius 1 is 0.536 bits per heavy atom. The number of aliphatic imine (C=N–C) groups is 1. The summed E-state index contributed by atoms with van der Waals surface area (Å²) in [6.07, 6.45) is 7.27. The standard InChI is InChI=1S/C38H54N10O13.C28H56N8O13P2/c49-31(44-28(38(60)61)20-42-37(59)26-8-9-29-27(18-26)19-43-48(29)13-5-12-40-30-6-4-11-39-30)7-2-1-3-10-41-32(50)21-46(23-34(53)54)16-14-45(22-33(51)52)15-17-47(24-35(55)56)25-36(57)58;1-3-29-28(43)23(7-5-6-8-30-24(37)17-36(21-50(44,45)46)22-51(47,48)49)31-25(38)18-33-11-9-32(4-2)10-12-34(19-26(39)40)15-16-35(14-13-33)20-27(41)42/h4,8-9,11,18-19,28H,1-3,5-7,10,12-17,20-25H2,(H,39,40)(H,41,50)(H,42,59)(H,44,49)(H,51,52)(H,53,54)(H,55,56)(H,57,58)(H,60,61);23H,3-22H2,1-2H3,(H,29,43)(H,30,37)(H,31,38)(H,39,40)(H,41,42)(H2,44,45,46)(H2,47,48,49)/t28-;23-/m01/s1. The molecule has 0 spiro atoms. The molecule has 0 bridgehead atoms. The van der Waals surface area contributed by atoms with Crippen molar-refractivity contribution in [2.75, 3.05) is 189 Å². The number of carbonyl (C=O) groups is 13. The van der Waals surface area contributed by atoms with Gasteiger partial charge in [-0.2, -0.15) is 5.10 Å². The number of amidine groups is 1. The van der Waals surface area contributed by atoms with Crippen LogP contribution in [0.25, 0.3) is 10.9 Å². The first-order chi connectivity index (χ1) is 52.9. The van der Waals surface area contributed by atoms with Gasteiger partial charge in [-0.3, -0.25) is 111 Å². The van der Waals surface area contributed by atoms with Crippen LogP contribution in [0.1, 0.15) is 82.0 Å². The van der Waals surface area contributed by atoms with Crippen molar-refractivity contribution in [2.24, 2.45) is 4.99 Å². The second kappa shape index (κ2) is 52.3. The van der Waals surface area contributed by atoms with Crippen molar-refractivity contribution in [3.63, 3.8) is 0 Å². The van der Waals surface area contributed by atoms with E-state index in [1.54, 1.807) is 41.1 Å². The number of carboxylic acid groups (broad SMARTS) is 7. The van der Waals surface area contributed by atoms with E-state index in [0.717, 1.165) is 34.5 Å². The predicted molar refractivity (Wildman–Crippen MR) is 401 cm³/mol. The minimum Gasteiger partial charge on any atom is -0.480 e.